The Labute approximate surface area is 153 Å². The molecule has 0 atom stereocenters. The maximum atomic E-state index is 12.1. The summed E-state index contributed by atoms with van der Waals surface area (Å²) >= 11 is 0. The number of likely N-dealkylation sites (tertiary alicyclic amines) is 1. The first-order valence-corrected chi connectivity index (χ1v) is 9.17. The van der Waals surface area contributed by atoms with Crippen molar-refractivity contribution >= 4 is 17.6 Å². The van der Waals surface area contributed by atoms with Crippen LogP contribution < -0.4 is 5.32 Å². The molecule has 0 radical (unpaired) electrons. The van der Waals surface area contributed by atoms with Gasteiger partial charge in [-0.05, 0) is 31.2 Å². The van der Waals surface area contributed by atoms with E-state index in [0.29, 0.717) is 44.0 Å². The maximum absolute atomic E-state index is 12.1. The van der Waals surface area contributed by atoms with Crippen molar-refractivity contribution in [3.8, 4) is 0 Å². The van der Waals surface area contributed by atoms with E-state index in [4.69, 9.17) is 14.2 Å². The van der Waals surface area contributed by atoms with Gasteiger partial charge >= 0.3 is 5.97 Å². The molecule has 1 spiro atoms. The van der Waals surface area contributed by atoms with E-state index in [0.717, 1.165) is 25.9 Å². The number of anilines is 1. The van der Waals surface area contributed by atoms with Gasteiger partial charge in [0.2, 0.25) is 5.91 Å². The third kappa shape index (κ3) is 4.81. The Morgan fingerprint density at radius 3 is 2.42 bits per heavy atom. The predicted octanol–water partition coefficient (Wildman–Crippen LogP) is 2.03. The molecule has 0 unspecified atom stereocenters. The van der Waals surface area contributed by atoms with Crippen LogP contribution in [0.5, 0.6) is 0 Å². The van der Waals surface area contributed by atoms with E-state index in [2.05, 4.69) is 10.2 Å². The molecule has 2 heterocycles. The van der Waals surface area contributed by atoms with Crippen LogP contribution in [0.4, 0.5) is 5.69 Å². The molecular weight excluding hydrogens is 336 g/mol. The summed E-state index contributed by atoms with van der Waals surface area (Å²) in [5.74, 6) is -0.773. The number of rotatable bonds is 6. The number of hydrogen-bond acceptors (Lipinski definition) is 6. The zero-order valence-electron chi connectivity index (χ0n) is 15.2. The molecule has 0 aromatic heterocycles. The summed E-state index contributed by atoms with van der Waals surface area (Å²) in [5, 5.41) is 2.86. The third-order valence-corrected chi connectivity index (χ3v) is 4.77. The lowest BCUT2D eigenvalue weighted by molar-refractivity contribution is -0.185. The van der Waals surface area contributed by atoms with Gasteiger partial charge in [0.05, 0.1) is 25.4 Å². The Bertz CT molecular complexity index is 615. The molecule has 3 rings (SSSR count). The van der Waals surface area contributed by atoms with Crippen molar-refractivity contribution in [2.75, 3.05) is 44.8 Å². The average molecular weight is 362 g/mol. The maximum Gasteiger partial charge on any atom is 0.338 e. The van der Waals surface area contributed by atoms with Crippen LogP contribution in [-0.2, 0) is 19.0 Å². The highest BCUT2D eigenvalue weighted by molar-refractivity contribution is 5.93. The molecule has 1 aromatic carbocycles. The fourth-order valence-corrected chi connectivity index (χ4v) is 3.29. The summed E-state index contributed by atoms with van der Waals surface area (Å²) < 4.78 is 16.4. The van der Waals surface area contributed by atoms with Crippen LogP contribution in [0.25, 0.3) is 0 Å². The Balaban J connectivity index is 1.39. The molecule has 7 nitrogen and oxygen atoms in total. The van der Waals surface area contributed by atoms with E-state index in [1.54, 1.807) is 31.2 Å². The van der Waals surface area contributed by atoms with Crippen LogP contribution in [-0.4, -0.2) is 62.0 Å². The van der Waals surface area contributed by atoms with E-state index in [1.165, 1.54) is 0 Å². The SMILES string of the molecule is CCOC(=O)c1ccc(NC(=O)CCN2CCC3(CC2)OCCO3)cc1. The minimum atomic E-state index is -0.376. The minimum Gasteiger partial charge on any atom is -0.462 e. The number of nitrogens with one attached hydrogen (secondary N) is 1. The minimum absolute atomic E-state index is 0.0393. The lowest BCUT2D eigenvalue weighted by Crippen LogP contribution is -2.45. The van der Waals surface area contributed by atoms with Gasteiger partial charge < -0.3 is 24.4 Å². The lowest BCUT2D eigenvalue weighted by atomic mass is 10.0. The number of ether oxygens (including phenoxy) is 3. The second-order valence-corrected chi connectivity index (χ2v) is 6.55. The van der Waals surface area contributed by atoms with Crippen molar-refractivity contribution in [1.82, 2.24) is 4.90 Å². The molecule has 0 aliphatic carbocycles. The van der Waals surface area contributed by atoms with Crippen molar-refractivity contribution in [2.24, 2.45) is 0 Å². The topological polar surface area (TPSA) is 77.1 Å². The van der Waals surface area contributed by atoms with E-state index in [9.17, 15) is 9.59 Å². The van der Waals surface area contributed by atoms with E-state index in [1.807, 2.05) is 0 Å². The van der Waals surface area contributed by atoms with Crippen molar-refractivity contribution in [3.05, 3.63) is 29.8 Å². The van der Waals surface area contributed by atoms with Gasteiger partial charge in [-0.2, -0.15) is 0 Å². The predicted molar refractivity (Wildman–Crippen MR) is 96.0 cm³/mol. The molecule has 0 saturated carbocycles. The monoisotopic (exact) mass is 362 g/mol. The van der Waals surface area contributed by atoms with Gasteiger partial charge in [-0.15, -0.1) is 0 Å². The summed E-state index contributed by atoms with van der Waals surface area (Å²) in [5.41, 5.74) is 1.15. The van der Waals surface area contributed by atoms with Crippen molar-refractivity contribution in [2.45, 2.75) is 32.0 Å². The zero-order chi connectivity index (χ0) is 18.4. The highest BCUT2D eigenvalue weighted by atomic mass is 16.7. The smallest absolute Gasteiger partial charge is 0.338 e. The van der Waals surface area contributed by atoms with Crippen LogP contribution in [0.2, 0.25) is 0 Å². The first kappa shape index (κ1) is 18.8. The molecule has 0 bridgehead atoms. The number of carbonyl (C=O) groups is 2. The molecule has 2 fully saturated rings. The molecule has 1 amide bonds. The Morgan fingerprint density at radius 2 is 1.81 bits per heavy atom. The van der Waals surface area contributed by atoms with Crippen LogP contribution in [0.3, 0.4) is 0 Å². The van der Waals surface area contributed by atoms with Gasteiger partial charge in [0.1, 0.15) is 0 Å². The van der Waals surface area contributed by atoms with Crippen molar-refractivity contribution in [1.29, 1.82) is 0 Å². The zero-order valence-corrected chi connectivity index (χ0v) is 15.2. The molecule has 1 N–H and O–H groups in total. The fraction of sp³-hybridized carbons (Fsp3) is 0.579. The van der Waals surface area contributed by atoms with Crippen LogP contribution in [0.1, 0.15) is 36.5 Å². The lowest BCUT2D eigenvalue weighted by Gasteiger charge is -2.37. The van der Waals surface area contributed by atoms with Crippen LogP contribution in [0.15, 0.2) is 24.3 Å². The van der Waals surface area contributed by atoms with E-state index in [-0.39, 0.29) is 17.7 Å². The molecule has 2 aliphatic rings. The number of carbonyl (C=O) groups excluding carboxylic acids is 2. The number of benzene rings is 1. The van der Waals surface area contributed by atoms with Crippen molar-refractivity contribution in [3.63, 3.8) is 0 Å². The fourth-order valence-electron chi connectivity index (χ4n) is 3.29. The van der Waals surface area contributed by atoms with Crippen LogP contribution >= 0.6 is 0 Å². The number of esters is 1. The molecule has 2 aliphatic heterocycles. The number of amides is 1. The van der Waals surface area contributed by atoms with E-state index < -0.39 is 0 Å². The highest BCUT2D eigenvalue weighted by Crippen LogP contribution is 2.31. The molecule has 142 valence electrons. The Morgan fingerprint density at radius 1 is 1.15 bits per heavy atom. The Kier molecular flexibility index (Phi) is 6.24. The van der Waals surface area contributed by atoms with Gasteiger partial charge in [-0.25, -0.2) is 4.79 Å². The number of nitrogens with zero attached hydrogens (tertiary/aromatic N) is 1. The van der Waals surface area contributed by atoms with Gasteiger partial charge in [-0.3, -0.25) is 4.79 Å². The number of piperidine rings is 1. The van der Waals surface area contributed by atoms with Crippen LogP contribution in [0, 0.1) is 0 Å². The molecule has 26 heavy (non-hydrogen) atoms. The summed E-state index contributed by atoms with van der Waals surface area (Å²) in [6.07, 6.45) is 2.13. The molecule has 7 heteroatoms. The summed E-state index contributed by atoms with van der Waals surface area (Å²) in [6, 6.07) is 6.73. The quantitative estimate of drug-likeness (QED) is 0.781. The summed E-state index contributed by atoms with van der Waals surface area (Å²) in [4.78, 5) is 26.0. The molecular formula is C19H26N2O5. The van der Waals surface area contributed by atoms with Crippen molar-refractivity contribution < 1.29 is 23.8 Å². The molecule has 2 saturated heterocycles. The Hall–Kier alpha value is -1.96. The van der Waals surface area contributed by atoms with E-state index >= 15 is 0 Å². The van der Waals surface area contributed by atoms with Gasteiger partial charge in [0.15, 0.2) is 5.79 Å². The second-order valence-electron chi connectivity index (χ2n) is 6.55. The van der Waals surface area contributed by atoms with Gasteiger partial charge in [0, 0.05) is 44.6 Å². The van der Waals surface area contributed by atoms with Gasteiger partial charge in [0.25, 0.3) is 0 Å². The summed E-state index contributed by atoms with van der Waals surface area (Å²) in [6.45, 7) is 5.93. The largest absolute Gasteiger partial charge is 0.462 e. The first-order chi connectivity index (χ1) is 12.6. The normalized spacial score (nSPS) is 19.4. The average Bonchev–Trinajstić information content (AvgIpc) is 3.10. The molecule has 1 aromatic rings. The second kappa shape index (κ2) is 8.62. The number of hydrogen-bond donors (Lipinski definition) is 1. The first-order valence-electron chi connectivity index (χ1n) is 9.17. The summed E-state index contributed by atoms with van der Waals surface area (Å²) in [7, 11) is 0. The third-order valence-electron chi connectivity index (χ3n) is 4.77. The standard InChI is InChI=1S/C19H26N2O5/c1-2-24-18(23)15-3-5-16(6-4-15)20-17(22)7-10-21-11-8-19(9-12-21)25-13-14-26-19/h3-6H,2,7-14H2,1H3,(H,20,22). The highest BCUT2D eigenvalue weighted by Gasteiger charge is 2.39. The van der Waals surface area contributed by atoms with Gasteiger partial charge in [-0.1, -0.05) is 0 Å².